The van der Waals surface area contributed by atoms with Crippen LogP contribution in [0.3, 0.4) is 0 Å². The van der Waals surface area contributed by atoms with Gasteiger partial charge >= 0.3 is 5.97 Å². The van der Waals surface area contributed by atoms with E-state index < -0.39 is 29.7 Å². The molecular formula is C75H113N5O28S. The van der Waals surface area contributed by atoms with Crippen molar-refractivity contribution in [2.45, 2.75) is 57.4 Å². The zero-order chi connectivity index (χ0) is 78.1. The number of rotatable bonds is 76. The molecule has 0 aromatic heterocycles. The maximum atomic E-state index is 13.1. The number of ketones is 2. The molecular weight excluding hydrogens is 1450 g/mol. The van der Waals surface area contributed by atoms with E-state index in [1.165, 1.54) is 48.5 Å². The molecule has 1 aliphatic carbocycles. The molecule has 2 aliphatic rings. The molecule has 1 aliphatic heterocycles. The molecule has 0 fully saturated rings. The van der Waals surface area contributed by atoms with Gasteiger partial charge in [-0.1, -0.05) is 6.07 Å². The van der Waals surface area contributed by atoms with Crippen LogP contribution in [0.4, 0.5) is 0 Å². The summed E-state index contributed by atoms with van der Waals surface area (Å²) in [5.41, 5.74) is 6.59. The highest BCUT2D eigenvalue weighted by Crippen LogP contribution is 2.42. The number of unbranched alkanes of at least 4 members (excludes halogenated alkanes) is 1. The number of carboxylic acids is 1. The summed E-state index contributed by atoms with van der Waals surface area (Å²) in [6.07, 6.45) is 3.19. The predicted molar refractivity (Wildman–Crippen MR) is 401 cm³/mol. The number of fused-ring (bicyclic) bond motifs is 2. The van der Waals surface area contributed by atoms with Gasteiger partial charge in [0.2, 0.25) is 11.8 Å². The lowest BCUT2D eigenvalue weighted by molar-refractivity contribution is -0.128. The number of carbonyl (C=O) groups is 6. The van der Waals surface area contributed by atoms with Crippen molar-refractivity contribution in [3.8, 4) is 28.2 Å². The lowest BCUT2D eigenvalue weighted by Gasteiger charge is -2.17. The van der Waals surface area contributed by atoms with Gasteiger partial charge in [-0.05, 0) is 86.4 Å². The minimum absolute atomic E-state index is 0.00953. The van der Waals surface area contributed by atoms with Gasteiger partial charge in [-0.25, -0.2) is 9.79 Å². The normalized spacial score (nSPS) is 11.7. The number of benzene rings is 3. The standard InChI is InChI=1S/C75H113N5O28S/c76-73(86)68(80-71(85)14-21-93-25-28-95-23-17-79-74(87)59-6-9-64(67(54-59)75(88)89)72-65-10-7-61(82)55-69(65)108-70-56-62(83)8-11-66(70)72)5-1-2-15-77-57-63(84)13-20-92-27-32-98-36-40-102-44-48-106-51-50-104-46-42-100-38-34-96-30-24-90-18-3-4-60(81)12-19-91-26-31-97-35-39-101-43-47-105-52-53-107-49-45-103-41-37-99-33-29-94-22-16-78-58-109/h6-11,54-56,68,77,82H,1-5,12-53,57H2,(H2,76,86)(H,79,87)(H,80,85)(H,88,89). The average molecular weight is 1560 g/mol. The molecule has 1 heterocycles. The van der Waals surface area contributed by atoms with Crippen LogP contribution in [0.2, 0.25) is 0 Å². The molecule has 2 aromatic rings. The SMILES string of the molecule is NC(=O)C(CCCCNCC(=O)CCOCCOCCOCCOCCOCCOCCOCCOCCCC(=O)CCOCCOCCOCCOCCOCCOCCOCCOCCN=C=S)NC(=O)CCOCCOCCNC(=O)c1ccc(-c2c3ccc(=O)cc-3oc3cc(O)ccc23)c(C(=O)O)c1. The van der Waals surface area contributed by atoms with Crippen LogP contribution in [0.5, 0.6) is 5.75 Å². The molecule has 0 radical (unpaired) electrons. The smallest absolute Gasteiger partial charge is 0.336 e. The van der Waals surface area contributed by atoms with Crippen molar-refractivity contribution in [3.63, 3.8) is 0 Å². The lowest BCUT2D eigenvalue weighted by Crippen LogP contribution is -2.44. The Morgan fingerprint density at radius 1 is 0.468 bits per heavy atom. The average Bonchev–Trinajstić information content (AvgIpc) is 0.749. The lowest BCUT2D eigenvalue weighted by atomic mass is 9.90. The number of aromatic hydroxyl groups is 1. The second-order valence-corrected chi connectivity index (χ2v) is 23.9. The Kier molecular flexibility index (Phi) is 56.2. The van der Waals surface area contributed by atoms with Gasteiger partial charge in [-0.3, -0.25) is 28.8 Å². The molecule has 7 N–H and O–H groups in total. The number of nitrogens with zero attached hydrogens (tertiary/aromatic N) is 1. The van der Waals surface area contributed by atoms with Crippen molar-refractivity contribution in [1.82, 2.24) is 16.0 Å². The number of Topliss-reactive ketones (excluding diaryl/α,β-unsaturated/α-hetero) is 2. The Labute approximate surface area is 641 Å². The third-order valence-corrected chi connectivity index (χ3v) is 15.5. The van der Waals surface area contributed by atoms with E-state index in [4.69, 9.17) is 95.4 Å². The summed E-state index contributed by atoms with van der Waals surface area (Å²) >= 11 is 4.49. The second-order valence-electron chi connectivity index (χ2n) is 23.8. The van der Waals surface area contributed by atoms with E-state index in [0.717, 1.165) is 0 Å². The van der Waals surface area contributed by atoms with Crippen molar-refractivity contribution in [1.29, 1.82) is 0 Å². The van der Waals surface area contributed by atoms with E-state index in [0.29, 0.717) is 273 Å². The summed E-state index contributed by atoms with van der Waals surface area (Å²) in [6.45, 7) is 15.7. The van der Waals surface area contributed by atoms with Crippen molar-refractivity contribution in [2.24, 2.45) is 10.7 Å². The quantitative estimate of drug-likeness (QED) is 0.0158. The van der Waals surface area contributed by atoms with Crippen LogP contribution in [0.15, 0.2) is 68.8 Å². The fourth-order valence-electron chi connectivity index (χ4n) is 9.83. The molecule has 1 unspecified atom stereocenters. The molecule has 109 heavy (non-hydrogen) atoms. The number of phenolic OH excluding ortho intramolecular Hbond substituents is 1. The minimum atomic E-state index is -1.29. The van der Waals surface area contributed by atoms with Crippen LogP contribution in [0.1, 0.15) is 72.1 Å². The summed E-state index contributed by atoms with van der Waals surface area (Å²) in [7, 11) is 0. The van der Waals surface area contributed by atoms with Gasteiger partial charge in [0.15, 0.2) is 5.43 Å². The molecule has 0 saturated heterocycles. The zero-order valence-electron chi connectivity index (χ0n) is 62.7. The van der Waals surface area contributed by atoms with E-state index >= 15 is 0 Å². The van der Waals surface area contributed by atoms with Gasteiger partial charge in [0.05, 0.1) is 255 Å². The molecule has 0 bridgehead atoms. The van der Waals surface area contributed by atoms with E-state index in [2.05, 4.69) is 38.3 Å². The number of ether oxygens (including phenoxy) is 18. The number of hydrogen-bond donors (Lipinski definition) is 6. The van der Waals surface area contributed by atoms with E-state index in [1.807, 2.05) is 0 Å². The fraction of sp³-hybridized carbons (Fsp3) is 0.653. The highest BCUT2D eigenvalue weighted by molar-refractivity contribution is 7.78. The highest BCUT2D eigenvalue weighted by atomic mass is 32.1. The van der Waals surface area contributed by atoms with Gasteiger partial charge in [0.1, 0.15) is 34.7 Å². The largest absolute Gasteiger partial charge is 0.508 e. The number of nitrogens with one attached hydrogen (secondary N) is 3. The Hall–Kier alpha value is -6.81. The van der Waals surface area contributed by atoms with Gasteiger partial charge in [0, 0.05) is 73.0 Å². The Balaban J connectivity index is 0.797. The first kappa shape index (κ1) is 94.6. The van der Waals surface area contributed by atoms with Gasteiger partial charge in [-0.15, -0.1) is 0 Å². The first-order chi connectivity index (χ1) is 53.4. The molecule has 612 valence electrons. The molecule has 4 rings (SSSR count). The van der Waals surface area contributed by atoms with Crippen molar-refractivity contribution < 1.29 is 129 Å². The minimum Gasteiger partial charge on any atom is -0.508 e. The topological polar surface area (TPSA) is 414 Å². The number of hydrogen-bond acceptors (Lipinski definition) is 30. The molecule has 3 amide bonds. The number of carbonyl (C=O) groups excluding carboxylic acids is 5. The van der Waals surface area contributed by atoms with E-state index in [-0.39, 0.29) is 110 Å². The number of aromatic carboxylic acids is 1. The van der Waals surface area contributed by atoms with Gasteiger partial charge in [0.25, 0.3) is 5.91 Å². The second kappa shape index (κ2) is 64.8. The summed E-state index contributed by atoms with van der Waals surface area (Å²) < 4.78 is 105. The molecule has 2 aromatic carbocycles. The Morgan fingerprint density at radius 2 is 0.908 bits per heavy atom. The molecule has 1 atom stereocenters. The van der Waals surface area contributed by atoms with Crippen molar-refractivity contribution in [3.05, 3.63) is 75.9 Å². The van der Waals surface area contributed by atoms with Crippen LogP contribution in [-0.2, 0) is 104 Å². The molecule has 0 spiro atoms. The van der Waals surface area contributed by atoms with Crippen LogP contribution in [0.25, 0.3) is 33.4 Å². The Bertz CT molecular complexity index is 3180. The Morgan fingerprint density at radius 3 is 1.39 bits per heavy atom. The summed E-state index contributed by atoms with van der Waals surface area (Å²) in [6, 6.07) is 12.0. The van der Waals surface area contributed by atoms with Crippen LogP contribution < -0.4 is 27.1 Å². The number of isothiocyanates is 1. The van der Waals surface area contributed by atoms with Gasteiger partial charge in [-0.2, -0.15) is 0 Å². The summed E-state index contributed by atoms with van der Waals surface area (Å²) in [4.78, 5) is 90.6. The molecule has 0 saturated carbocycles. The summed E-state index contributed by atoms with van der Waals surface area (Å²) in [5, 5.41) is 31.5. The zero-order valence-corrected chi connectivity index (χ0v) is 63.5. The van der Waals surface area contributed by atoms with Crippen molar-refractivity contribution >= 4 is 63.6 Å². The maximum absolute atomic E-state index is 13.1. The number of carboxylic acid groups (broad SMARTS) is 1. The van der Waals surface area contributed by atoms with Crippen LogP contribution in [0, 0.1) is 0 Å². The number of primary amides is 1. The van der Waals surface area contributed by atoms with E-state index in [9.17, 15) is 43.8 Å². The number of phenols is 1. The van der Waals surface area contributed by atoms with Gasteiger partial charge < -0.3 is 122 Å². The first-order valence-electron chi connectivity index (χ1n) is 37.0. The summed E-state index contributed by atoms with van der Waals surface area (Å²) in [5.74, 6) is -2.65. The fourth-order valence-corrected chi connectivity index (χ4v) is 9.92. The number of nitrogens with two attached hydrogens (primary N) is 1. The number of thiocarbonyl (C=S) groups is 1. The third kappa shape index (κ3) is 47.9. The van der Waals surface area contributed by atoms with E-state index in [1.54, 1.807) is 6.07 Å². The first-order valence-corrected chi connectivity index (χ1v) is 37.4. The molecule has 33 nitrogen and oxygen atoms in total. The highest BCUT2D eigenvalue weighted by Gasteiger charge is 2.24. The van der Waals surface area contributed by atoms with Crippen LogP contribution in [-0.4, -0.2) is 321 Å². The van der Waals surface area contributed by atoms with Crippen molar-refractivity contribution in [2.75, 3.05) is 264 Å². The monoisotopic (exact) mass is 1560 g/mol. The maximum Gasteiger partial charge on any atom is 0.336 e. The predicted octanol–water partition coefficient (Wildman–Crippen LogP) is 3.92. The third-order valence-electron chi connectivity index (χ3n) is 15.3. The number of aliphatic imine (C=N–C) groups is 1. The number of amides is 3. The molecule has 34 heteroatoms. The van der Waals surface area contributed by atoms with Crippen LogP contribution >= 0.6 is 12.2 Å².